The van der Waals surface area contributed by atoms with E-state index in [1.54, 1.807) is 6.07 Å². The molecule has 0 aliphatic carbocycles. The third-order valence-corrected chi connectivity index (χ3v) is 2.22. The summed E-state index contributed by atoms with van der Waals surface area (Å²) in [6.07, 6.45) is 0. The molecule has 0 bridgehead atoms. The van der Waals surface area contributed by atoms with Gasteiger partial charge in [0, 0.05) is 0 Å². The molecule has 3 N–H and O–H groups in total. The van der Waals surface area contributed by atoms with Crippen molar-refractivity contribution in [2.75, 3.05) is 13.2 Å². The molecule has 0 amide bonds. The molecule has 0 radical (unpaired) electrons. The highest BCUT2D eigenvalue weighted by atomic mass is 19.1. The minimum Gasteiger partial charge on any atom is -0.490 e. The van der Waals surface area contributed by atoms with E-state index < -0.39 is 5.82 Å². The Balaban J connectivity index is 2.71. The molecule has 0 spiro atoms. The van der Waals surface area contributed by atoms with E-state index in [0.29, 0.717) is 6.61 Å². The van der Waals surface area contributed by atoms with Crippen LogP contribution in [0.2, 0.25) is 0 Å². The topological polar surface area (TPSA) is 77.1 Å². The predicted molar refractivity (Wildman–Crippen MR) is 70.1 cm³/mol. The van der Waals surface area contributed by atoms with Crippen LogP contribution in [0.5, 0.6) is 5.75 Å². The average Bonchev–Trinajstić information content (AvgIpc) is 2.33. The second kappa shape index (κ2) is 6.38. The normalized spacial score (nSPS) is 12.5. The van der Waals surface area contributed by atoms with Gasteiger partial charge in [0.05, 0.1) is 17.8 Å². The van der Waals surface area contributed by atoms with Crippen LogP contribution in [0.25, 0.3) is 0 Å². The van der Waals surface area contributed by atoms with Gasteiger partial charge in [0.1, 0.15) is 18.2 Å². The number of oxime groups is 1. The summed E-state index contributed by atoms with van der Waals surface area (Å²) in [5.74, 6) is -0.720. The van der Waals surface area contributed by atoms with E-state index in [9.17, 15) is 4.39 Å². The molecule has 0 saturated heterocycles. The van der Waals surface area contributed by atoms with E-state index in [0.717, 1.165) is 0 Å². The highest BCUT2D eigenvalue weighted by molar-refractivity contribution is 5.99. The summed E-state index contributed by atoms with van der Waals surface area (Å²) in [4.78, 5) is 0. The van der Waals surface area contributed by atoms with E-state index >= 15 is 0 Å². The van der Waals surface area contributed by atoms with Crippen LogP contribution in [0.4, 0.5) is 4.39 Å². The van der Waals surface area contributed by atoms with Crippen LogP contribution in [-0.2, 0) is 4.74 Å². The number of halogens is 1. The molecule has 1 aromatic carbocycles. The monoisotopic (exact) mass is 270 g/mol. The van der Waals surface area contributed by atoms with Gasteiger partial charge in [-0.1, -0.05) is 11.2 Å². The Morgan fingerprint density at radius 3 is 2.63 bits per heavy atom. The van der Waals surface area contributed by atoms with Crippen molar-refractivity contribution in [1.82, 2.24) is 0 Å². The summed E-state index contributed by atoms with van der Waals surface area (Å²) in [7, 11) is 0. The quantitative estimate of drug-likeness (QED) is 0.282. The van der Waals surface area contributed by atoms with Crippen LogP contribution in [0, 0.1) is 5.82 Å². The lowest BCUT2D eigenvalue weighted by Gasteiger charge is -2.20. The van der Waals surface area contributed by atoms with Gasteiger partial charge in [-0.3, -0.25) is 0 Å². The smallest absolute Gasteiger partial charge is 0.176 e. The van der Waals surface area contributed by atoms with E-state index in [-0.39, 0.29) is 29.4 Å². The Morgan fingerprint density at radius 1 is 1.37 bits per heavy atom. The van der Waals surface area contributed by atoms with Crippen LogP contribution in [0.3, 0.4) is 0 Å². The van der Waals surface area contributed by atoms with Gasteiger partial charge >= 0.3 is 0 Å². The minimum atomic E-state index is -0.607. The molecule has 0 fully saturated rings. The largest absolute Gasteiger partial charge is 0.490 e. The first-order chi connectivity index (χ1) is 8.85. The molecule has 0 aromatic heterocycles. The molecule has 0 heterocycles. The molecular weight excluding hydrogens is 251 g/mol. The Labute approximate surface area is 111 Å². The lowest BCUT2D eigenvalue weighted by Crippen LogP contribution is -2.23. The summed E-state index contributed by atoms with van der Waals surface area (Å²) >= 11 is 0. The maximum atomic E-state index is 13.6. The summed E-state index contributed by atoms with van der Waals surface area (Å²) < 4.78 is 24.5. The molecule has 0 unspecified atom stereocenters. The van der Waals surface area contributed by atoms with Crippen molar-refractivity contribution in [3.63, 3.8) is 0 Å². The second-order valence-corrected chi connectivity index (χ2v) is 4.91. The first-order valence-electron chi connectivity index (χ1n) is 5.88. The average molecular weight is 270 g/mol. The fraction of sp³-hybridized carbons (Fsp3) is 0.462. The summed E-state index contributed by atoms with van der Waals surface area (Å²) in [6.45, 7) is 6.38. The lowest BCUT2D eigenvalue weighted by atomic mass is 10.1. The highest BCUT2D eigenvalue weighted by Gasteiger charge is 2.15. The second-order valence-electron chi connectivity index (χ2n) is 4.91. The SMILES string of the molecule is CC(C)(C)OCCOc1cccc(F)c1/C(N)=N/O. The molecule has 0 atom stereocenters. The Kier molecular flexibility index (Phi) is 5.11. The van der Waals surface area contributed by atoms with E-state index in [2.05, 4.69) is 5.16 Å². The molecule has 1 rings (SSSR count). The third kappa shape index (κ3) is 4.75. The maximum Gasteiger partial charge on any atom is 0.176 e. The minimum absolute atomic E-state index is 0.0549. The van der Waals surface area contributed by atoms with Crippen LogP contribution < -0.4 is 10.5 Å². The zero-order chi connectivity index (χ0) is 14.5. The van der Waals surface area contributed by atoms with Crippen molar-refractivity contribution in [2.45, 2.75) is 26.4 Å². The van der Waals surface area contributed by atoms with Gasteiger partial charge in [-0.15, -0.1) is 0 Å². The standard InChI is InChI=1S/C13H19FN2O3/c1-13(2,3)19-8-7-18-10-6-4-5-9(14)11(10)12(15)16-17/h4-6,17H,7-8H2,1-3H3,(H2,15,16). The molecule has 0 aliphatic heterocycles. The number of hydrogen-bond donors (Lipinski definition) is 2. The molecule has 1 aromatic rings. The molecule has 19 heavy (non-hydrogen) atoms. The van der Waals surface area contributed by atoms with Crippen LogP contribution >= 0.6 is 0 Å². The number of rotatable bonds is 5. The van der Waals surface area contributed by atoms with Crippen molar-refractivity contribution in [2.24, 2.45) is 10.9 Å². The number of benzene rings is 1. The van der Waals surface area contributed by atoms with Crippen molar-refractivity contribution < 1.29 is 19.1 Å². The zero-order valence-electron chi connectivity index (χ0n) is 11.3. The Bertz CT molecular complexity index is 456. The van der Waals surface area contributed by atoms with Crippen molar-refractivity contribution in [3.8, 4) is 5.75 Å². The molecule has 106 valence electrons. The van der Waals surface area contributed by atoms with Gasteiger partial charge in [-0.05, 0) is 32.9 Å². The summed E-state index contributed by atoms with van der Waals surface area (Å²) in [5.41, 5.74) is 5.10. The fourth-order valence-corrected chi connectivity index (χ4v) is 1.42. The van der Waals surface area contributed by atoms with Crippen LogP contribution in [0.15, 0.2) is 23.4 Å². The number of ether oxygens (including phenoxy) is 2. The molecule has 6 heteroatoms. The number of nitrogens with zero attached hydrogens (tertiary/aromatic N) is 1. The Hall–Kier alpha value is -1.82. The first-order valence-corrected chi connectivity index (χ1v) is 5.88. The van der Waals surface area contributed by atoms with E-state index in [1.165, 1.54) is 12.1 Å². The Morgan fingerprint density at radius 2 is 2.05 bits per heavy atom. The van der Waals surface area contributed by atoms with Crippen molar-refractivity contribution >= 4 is 5.84 Å². The molecule has 0 aliphatic rings. The summed E-state index contributed by atoms with van der Waals surface area (Å²) in [5, 5.41) is 11.4. The predicted octanol–water partition coefficient (Wildman–Crippen LogP) is 2.11. The van der Waals surface area contributed by atoms with E-state index in [1.807, 2.05) is 20.8 Å². The van der Waals surface area contributed by atoms with Gasteiger partial charge < -0.3 is 20.4 Å². The first kappa shape index (κ1) is 15.2. The lowest BCUT2D eigenvalue weighted by molar-refractivity contribution is -0.0163. The van der Waals surface area contributed by atoms with Crippen molar-refractivity contribution in [1.29, 1.82) is 0 Å². The van der Waals surface area contributed by atoms with Crippen LogP contribution in [-0.4, -0.2) is 29.9 Å². The van der Waals surface area contributed by atoms with Crippen LogP contribution in [0.1, 0.15) is 26.3 Å². The van der Waals surface area contributed by atoms with Gasteiger partial charge in [-0.25, -0.2) is 4.39 Å². The maximum absolute atomic E-state index is 13.6. The zero-order valence-corrected chi connectivity index (χ0v) is 11.3. The van der Waals surface area contributed by atoms with E-state index in [4.69, 9.17) is 20.4 Å². The van der Waals surface area contributed by atoms with Gasteiger partial charge in [-0.2, -0.15) is 0 Å². The number of nitrogens with two attached hydrogens (primary N) is 1. The molecular formula is C13H19FN2O3. The highest BCUT2D eigenvalue weighted by Crippen LogP contribution is 2.21. The third-order valence-electron chi connectivity index (χ3n) is 2.22. The molecule has 0 saturated carbocycles. The number of hydrogen-bond acceptors (Lipinski definition) is 4. The van der Waals surface area contributed by atoms with Gasteiger partial charge in [0.15, 0.2) is 5.84 Å². The van der Waals surface area contributed by atoms with Crippen molar-refractivity contribution in [3.05, 3.63) is 29.6 Å². The number of amidine groups is 1. The summed E-state index contributed by atoms with van der Waals surface area (Å²) in [6, 6.07) is 4.25. The fourth-order valence-electron chi connectivity index (χ4n) is 1.42. The van der Waals surface area contributed by atoms with Gasteiger partial charge in [0.25, 0.3) is 0 Å². The molecule has 5 nitrogen and oxygen atoms in total. The van der Waals surface area contributed by atoms with Gasteiger partial charge in [0.2, 0.25) is 0 Å².